The molecule has 0 saturated carbocycles. The molecule has 0 atom stereocenters. The monoisotopic (exact) mass is 402 g/mol. The summed E-state index contributed by atoms with van der Waals surface area (Å²) in [6, 6.07) is 10.9. The van der Waals surface area contributed by atoms with E-state index in [1.807, 2.05) is 30.4 Å². The Morgan fingerprint density at radius 2 is 1.59 bits per heavy atom. The van der Waals surface area contributed by atoms with E-state index in [0.717, 1.165) is 16.0 Å². The lowest BCUT2D eigenvalue weighted by atomic mass is 10.1. The molecule has 1 aromatic heterocycles. The molecule has 29 heavy (non-hydrogen) atoms. The standard InChI is InChI=1S/C21H26N2O6/c1-23(21(25)26)19-7-4-17(5-8-19)2-3-18-6-9-20(22-16-18)29-15-14-28-13-12-27-11-10-24/h2-9,16,24H,10-15H2,1H3,(H,25,26). The molecule has 0 unspecified atom stereocenters. The Bertz CT molecular complexity index is 762. The fraction of sp³-hybridized carbons (Fsp3) is 0.333. The predicted molar refractivity (Wildman–Crippen MR) is 110 cm³/mol. The summed E-state index contributed by atoms with van der Waals surface area (Å²) >= 11 is 0. The van der Waals surface area contributed by atoms with Gasteiger partial charge in [-0.05, 0) is 29.3 Å². The average molecular weight is 402 g/mol. The van der Waals surface area contributed by atoms with E-state index in [1.54, 1.807) is 24.4 Å². The van der Waals surface area contributed by atoms with Gasteiger partial charge in [-0.2, -0.15) is 0 Å². The smallest absolute Gasteiger partial charge is 0.411 e. The summed E-state index contributed by atoms with van der Waals surface area (Å²) in [5.41, 5.74) is 2.48. The largest absolute Gasteiger partial charge is 0.475 e. The van der Waals surface area contributed by atoms with Crippen molar-refractivity contribution in [2.45, 2.75) is 0 Å². The third kappa shape index (κ3) is 8.30. The van der Waals surface area contributed by atoms with E-state index in [9.17, 15) is 4.79 Å². The zero-order valence-electron chi connectivity index (χ0n) is 16.4. The normalized spacial score (nSPS) is 11.0. The van der Waals surface area contributed by atoms with Crippen molar-refractivity contribution < 1.29 is 29.2 Å². The van der Waals surface area contributed by atoms with E-state index in [4.69, 9.17) is 24.4 Å². The number of pyridine rings is 1. The minimum absolute atomic E-state index is 0.0105. The van der Waals surface area contributed by atoms with Crippen LogP contribution in [-0.4, -0.2) is 68.0 Å². The highest BCUT2D eigenvalue weighted by atomic mass is 16.5. The minimum atomic E-state index is -1.000. The van der Waals surface area contributed by atoms with Gasteiger partial charge in [-0.1, -0.05) is 24.3 Å². The van der Waals surface area contributed by atoms with Crippen LogP contribution in [0.1, 0.15) is 11.1 Å². The summed E-state index contributed by atoms with van der Waals surface area (Å²) in [7, 11) is 1.50. The molecule has 1 aromatic carbocycles. The van der Waals surface area contributed by atoms with E-state index < -0.39 is 6.09 Å². The molecule has 2 rings (SSSR count). The Morgan fingerprint density at radius 1 is 0.966 bits per heavy atom. The van der Waals surface area contributed by atoms with E-state index in [2.05, 4.69) is 4.98 Å². The highest BCUT2D eigenvalue weighted by Gasteiger charge is 2.06. The highest BCUT2D eigenvalue weighted by Crippen LogP contribution is 2.16. The third-order valence-corrected chi connectivity index (χ3v) is 3.88. The van der Waals surface area contributed by atoms with Gasteiger partial charge in [-0.25, -0.2) is 9.78 Å². The molecule has 2 aromatic rings. The molecule has 2 N–H and O–H groups in total. The van der Waals surface area contributed by atoms with Gasteiger partial charge < -0.3 is 24.4 Å². The first kappa shape index (κ1) is 22.4. The summed E-state index contributed by atoms with van der Waals surface area (Å²) in [5, 5.41) is 17.5. The first-order valence-corrected chi connectivity index (χ1v) is 9.20. The number of carbonyl (C=O) groups is 1. The van der Waals surface area contributed by atoms with Crippen LogP contribution in [-0.2, 0) is 9.47 Å². The van der Waals surface area contributed by atoms with Crippen LogP contribution < -0.4 is 9.64 Å². The number of ether oxygens (including phenoxy) is 3. The van der Waals surface area contributed by atoms with Gasteiger partial charge in [0, 0.05) is 25.0 Å². The Kier molecular flexibility index (Phi) is 9.64. The number of amides is 1. The Hall–Kier alpha value is -2.94. The number of benzene rings is 1. The number of carboxylic acid groups (broad SMARTS) is 1. The lowest BCUT2D eigenvalue weighted by Gasteiger charge is -2.12. The summed E-state index contributed by atoms with van der Waals surface area (Å²) < 4.78 is 15.9. The molecule has 0 radical (unpaired) electrons. The van der Waals surface area contributed by atoms with Gasteiger partial charge in [-0.15, -0.1) is 0 Å². The third-order valence-electron chi connectivity index (χ3n) is 3.88. The first-order chi connectivity index (χ1) is 14.1. The highest BCUT2D eigenvalue weighted by molar-refractivity contribution is 5.85. The van der Waals surface area contributed by atoms with Crippen LogP contribution in [0.5, 0.6) is 5.88 Å². The van der Waals surface area contributed by atoms with Gasteiger partial charge in [0.15, 0.2) is 0 Å². The molecular weight excluding hydrogens is 376 g/mol. The molecule has 0 aliphatic carbocycles. The van der Waals surface area contributed by atoms with Crippen LogP contribution in [0.2, 0.25) is 0 Å². The quantitative estimate of drug-likeness (QED) is 0.527. The van der Waals surface area contributed by atoms with Gasteiger partial charge >= 0.3 is 6.09 Å². The summed E-state index contributed by atoms with van der Waals surface area (Å²) in [4.78, 5) is 16.4. The minimum Gasteiger partial charge on any atom is -0.475 e. The molecule has 0 fully saturated rings. The second-order valence-corrected chi connectivity index (χ2v) is 5.99. The number of aliphatic hydroxyl groups excluding tert-OH is 1. The van der Waals surface area contributed by atoms with Crippen LogP contribution in [0.3, 0.4) is 0 Å². The summed E-state index contributed by atoms with van der Waals surface area (Å²) in [6.45, 7) is 2.04. The van der Waals surface area contributed by atoms with Crippen LogP contribution in [0, 0.1) is 0 Å². The molecule has 156 valence electrons. The van der Waals surface area contributed by atoms with Crippen molar-refractivity contribution in [3.63, 3.8) is 0 Å². The van der Waals surface area contributed by atoms with Gasteiger partial charge in [-0.3, -0.25) is 4.90 Å². The molecule has 8 nitrogen and oxygen atoms in total. The average Bonchev–Trinajstić information content (AvgIpc) is 2.74. The molecule has 8 heteroatoms. The lowest BCUT2D eigenvalue weighted by molar-refractivity contribution is 0.0243. The van der Waals surface area contributed by atoms with Gasteiger partial charge in [0.1, 0.15) is 6.61 Å². The number of aliphatic hydroxyl groups is 1. The molecule has 1 heterocycles. The molecular formula is C21H26N2O6. The van der Waals surface area contributed by atoms with Crippen molar-refractivity contribution in [3.8, 4) is 5.88 Å². The van der Waals surface area contributed by atoms with Crippen molar-refractivity contribution >= 4 is 23.9 Å². The molecule has 0 aliphatic heterocycles. The van der Waals surface area contributed by atoms with Gasteiger partial charge in [0.2, 0.25) is 5.88 Å². The molecule has 0 bridgehead atoms. The Balaban J connectivity index is 1.73. The van der Waals surface area contributed by atoms with Crippen LogP contribution in [0.15, 0.2) is 42.6 Å². The maximum atomic E-state index is 10.9. The van der Waals surface area contributed by atoms with E-state index in [-0.39, 0.29) is 6.61 Å². The molecule has 0 aliphatic rings. The van der Waals surface area contributed by atoms with Gasteiger partial charge in [0.05, 0.1) is 33.0 Å². The maximum absolute atomic E-state index is 10.9. The van der Waals surface area contributed by atoms with E-state index in [0.29, 0.717) is 44.6 Å². The number of hydrogen-bond acceptors (Lipinski definition) is 6. The van der Waals surface area contributed by atoms with Crippen molar-refractivity contribution in [1.29, 1.82) is 0 Å². The van der Waals surface area contributed by atoms with E-state index >= 15 is 0 Å². The zero-order valence-corrected chi connectivity index (χ0v) is 16.4. The maximum Gasteiger partial charge on any atom is 0.411 e. The second kappa shape index (κ2) is 12.5. The van der Waals surface area contributed by atoms with Crippen LogP contribution in [0.25, 0.3) is 12.2 Å². The summed E-state index contributed by atoms with van der Waals surface area (Å²) in [6.07, 6.45) is 4.55. The number of rotatable bonds is 12. The fourth-order valence-electron chi connectivity index (χ4n) is 2.28. The molecule has 0 saturated heterocycles. The Morgan fingerprint density at radius 3 is 2.21 bits per heavy atom. The molecule has 0 spiro atoms. The molecule has 1 amide bonds. The van der Waals surface area contributed by atoms with Gasteiger partial charge in [0.25, 0.3) is 0 Å². The Labute approximate surface area is 170 Å². The number of nitrogens with zero attached hydrogens (tertiary/aromatic N) is 2. The predicted octanol–water partition coefficient (Wildman–Crippen LogP) is 2.77. The summed E-state index contributed by atoms with van der Waals surface area (Å²) in [5.74, 6) is 0.517. The van der Waals surface area contributed by atoms with Crippen LogP contribution in [0.4, 0.5) is 10.5 Å². The number of aromatic nitrogens is 1. The van der Waals surface area contributed by atoms with Crippen molar-refractivity contribution in [3.05, 3.63) is 53.7 Å². The zero-order chi connectivity index (χ0) is 20.9. The SMILES string of the molecule is CN(C(=O)O)c1ccc(C=Cc2ccc(OCCOCCOCCO)nc2)cc1. The number of anilines is 1. The van der Waals surface area contributed by atoms with Crippen molar-refractivity contribution in [1.82, 2.24) is 4.98 Å². The fourth-order valence-corrected chi connectivity index (χ4v) is 2.28. The lowest BCUT2D eigenvalue weighted by Crippen LogP contribution is -2.23. The second-order valence-electron chi connectivity index (χ2n) is 5.99. The first-order valence-electron chi connectivity index (χ1n) is 9.20. The van der Waals surface area contributed by atoms with E-state index in [1.165, 1.54) is 7.05 Å². The van der Waals surface area contributed by atoms with Crippen molar-refractivity contribution in [2.75, 3.05) is 51.6 Å². The van der Waals surface area contributed by atoms with Crippen molar-refractivity contribution in [2.24, 2.45) is 0 Å². The number of hydrogen-bond donors (Lipinski definition) is 2. The van der Waals surface area contributed by atoms with Crippen LogP contribution >= 0.6 is 0 Å². The topological polar surface area (TPSA) is 101 Å².